The first-order valence-electron chi connectivity index (χ1n) is 10.0. The lowest BCUT2D eigenvalue weighted by Gasteiger charge is -2.17. The number of nitrogens with zero attached hydrogens (tertiary/aromatic N) is 2. The summed E-state index contributed by atoms with van der Waals surface area (Å²) in [7, 11) is 1.83. The van der Waals surface area contributed by atoms with Crippen LogP contribution in [-0.4, -0.2) is 34.4 Å². The van der Waals surface area contributed by atoms with Crippen molar-refractivity contribution in [1.82, 2.24) is 14.9 Å². The highest BCUT2D eigenvalue weighted by molar-refractivity contribution is 7.21. The van der Waals surface area contributed by atoms with E-state index in [9.17, 15) is 9.59 Å². The van der Waals surface area contributed by atoms with E-state index in [0.717, 1.165) is 27.3 Å². The van der Waals surface area contributed by atoms with Crippen molar-refractivity contribution in [3.8, 4) is 10.4 Å². The third kappa shape index (κ3) is 4.73. The number of aryl methyl sites for hydroxylation is 2. The molecule has 0 saturated heterocycles. The summed E-state index contributed by atoms with van der Waals surface area (Å²) in [6.07, 6.45) is 0. The molecule has 0 radical (unpaired) electrons. The third-order valence-electron chi connectivity index (χ3n) is 5.09. The molecule has 4 rings (SSSR count). The average Bonchev–Trinajstić information content (AvgIpc) is 3.16. The monoisotopic (exact) mass is 432 g/mol. The van der Waals surface area contributed by atoms with Gasteiger partial charge in [-0.2, -0.15) is 0 Å². The van der Waals surface area contributed by atoms with E-state index in [1.165, 1.54) is 11.3 Å². The summed E-state index contributed by atoms with van der Waals surface area (Å²) >= 11 is 1.50. The Kier molecular flexibility index (Phi) is 5.97. The molecule has 0 spiro atoms. The number of rotatable bonds is 6. The van der Waals surface area contributed by atoms with Gasteiger partial charge in [-0.05, 0) is 43.7 Å². The van der Waals surface area contributed by atoms with Gasteiger partial charge in [0, 0.05) is 10.6 Å². The number of carbonyl (C=O) groups excluding carboxylic acids is 1. The lowest BCUT2D eigenvalue weighted by molar-refractivity contribution is -0.117. The van der Waals surface area contributed by atoms with Gasteiger partial charge in [0.25, 0.3) is 5.56 Å². The first-order chi connectivity index (χ1) is 14.9. The molecular weight excluding hydrogens is 408 g/mol. The summed E-state index contributed by atoms with van der Waals surface area (Å²) < 4.78 is 0. The van der Waals surface area contributed by atoms with Crippen LogP contribution in [0.4, 0.5) is 5.69 Å². The molecule has 31 heavy (non-hydrogen) atoms. The van der Waals surface area contributed by atoms with E-state index in [-0.39, 0.29) is 18.0 Å². The minimum atomic E-state index is -0.160. The molecule has 2 heterocycles. The SMILES string of the molecule is Cc1cccc(C)c1NC(=O)CN(C)Cc1nc2sc(-c3ccccc3)cc2c(=O)[nH]1. The standard InChI is InChI=1S/C24H24N4O2S/c1-15-8-7-9-16(2)22(15)27-21(29)14-28(3)13-20-25-23(30)18-12-19(31-24(18)26-20)17-10-5-4-6-11-17/h4-12H,13-14H2,1-3H3,(H,27,29)(H,25,26,30). The van der Waals surface area contributed by atoms with Gasteiger partial charge in [0.1, 0.15) is 10.7 Å². The molecule has 158 valence electrons. The second-order valence-corrected chi connectivity index (χ2v) is 8.73. The van der Waals surface area contributed by atoms with Gasteiger partial charge in [0.2, 0.25) is 5.91 Å². The number of benzene rings is 2. The number of nitrogens with one attached hydrogen (secondary N) is 2. The van der Waals surface area contributed by atoms with E-state index in [4.69, 9.17) is 0 Å². The summed E-state index contributed by atoms with van der Waals surface area (Å²) in [5, 5.41) is 3.57. The van der Waals surface area contributed by atoms with Crippen LogP contribution in [0.1, 0.15) is 17.0 Å². The van der Waals surface area contributed by atoms with E-state index < -0.39 is 0 Å². The highest BCUT2D eigenvalue weighted by atomic mass is 32.1. The number of thiophene rings is 1. The Morgan fingerprint density at radius 3 is 2.52 bits per heavy atom. The number of H-pyrrole nitrogens is 1. The van der Waals surface area contributed by atoms with Crippen molar-refractivity contribution in [2.75, 3.05) is 18.9 Å². The van der Waals surface area contributed by atoms with Crippen LogP contribution in [0, 0.1) is 13.8 Å². The molecule has 0 aliphatic heterocycles. The van der Waals surface area contributed by atoms with Crippen LogP contribution in [0.15, 0.2) is 59.4 Å². The molecule has 4 aromatic rings. The normalized spacial score (nSPS) is 11.2. The molecule has 0 fully saturated rings. The molecule has 0 unspecified atom stereocenters. The molecule has 0 atom stereocenters. The number of hydrogen-bond donors (Lipinski definition) is 2. The Morgan fingerprint density at radius 2 is 1.81 bits per heavy atom. The number of hydrogen-bond acceptors (Lipinski definition) is 5. The Bertz CT molecular complexity index is 1270. The first-order valence-corrected chi connectivity index (χ1v) is 10.8. The van der Waals surface area contributed by atoms with Crippen molar-refractivity contribution in [3.05, 3.63) is 81.9 Å². The topological polar surface area (TPSA) is 78.1 Å². The molecule has 0 aliphatic carbocycles. The molecule has 0 aliphatic rings. The van der Waals surface area contributed by atoms with Crippen molar-refractivity contribution in [1.29, 1.82) is 0 Å². The van der Waals surface area contributed by atoms with Crippen LogP contribution in [0.5, 0.6) is 0 Å². The smallest absolute Gasteiger partial charge is 0.259 e. The van der Waals surface area contributed by atoms with Crippen LogP contribution in [0.3, 0.4) is 0 Å². The zero-order chi connectivity index (χ0) is 22.0. The lowest BCUT2D eigenvalue weighted by atomic mass is 10.1. The minimum Gasteiger partial charge on any atom is -0.324 e. The summed E-state index contributed by atoms with van der Waals surface area (Å²) in [6.45, 7) is 4.50. The molecular formula is C24H24N4O2S. The second-order valence-electron chi connectivity index (χ2n) is 7.70. The maximum atomic E-state index is 12.6. The number of likely N-dealkylation sites (N-methyl/N-ethyl adjacent to an activating group) is 1. The van der Waals surface area contributed by atoms with Gasteiger partial charge in [-0.3, -0.25) is 14.5 Å². The maximum absolute atomic E-state index is 12.6. The van der Waals surface area contributed by atoms with Gasteiger partial charge in [-0.25, -0.2) is 4.98 Å². The fraction of sp³-hybridized carbons (Fsp3) is 0.208. The summed E-state index contributed by atoms with van der Waals surface area (Å²) in [5.74, 6) is 0.437. The molecule has 0 bridgehead atoms. The Morgan fingerprint density at radius 1 is 1.10 bits per heavy atom. The van der Waals surface area contributed by atoms with Crippen molar-refractivity contribution >= 4 is 33.1 Å². The fourth-order valence-electron chi connectivity index (χ4n) is 3.54. The number of aromatic nitrogens is 2. The van der Waals surface area contributed by atoms with Gasteiger partial charge < -0.3 is 10.3 Å². The number of carbonyl (C=O) groups is 1. The van der Waals surface area contributed by atoms with Crippen molar-refractivity contribution in [3.63, 3.8) is 0 Å². The van der Waals surface area contributed by atoms with Gasteiger partial charge in [0.05, 0.1) is 18.5 Å². The predicted molar refractivity (Wildman–Crippen MR) is 127 cm³/mol. The summed E-state index contributed by atoms with van der Waals surface area (Å²) in [4.78, 5) is 36.1. The van der Waals surface area contributed by atoms with Crippen molar-refractivity contribution in [2.24, 2.45) is 0 Å². The van der Waals surface area contributed by atoms with E-state index in [0.29, 0.717) is 22.6 Å². The Balaban J connectivity index is 1.48. The highest BCUT2D eigenvalue weighted by Gasteiger charge is 2.14. The molecule has 2 N–H and O–H groups in total. The fourth-order valence-corrected chi connectivity index (χ4v) is 4.60. The van der Waals surface area contributed by atoms with E-state index in [1.54, 1.807) is 0 Å². The quantitative estimate of drug-likeness (QED) is 0.475. The summed E-state index contributed by atoms with van der Waals surface area (Å²) in [5.41, 5.74) is 3.80. The lowest BCUT2D eigenvalue weighted by Crippen LogP contribution is -2.31. The molecule has 6 nitrogen and oxygen atoms in total. The van der Waals surface area contributed by atoms with Gasteiger partial charge in [-0.1, -0.05) is 48.5 Å². The number of anilines is 1. The van der Waals surface area contributed by atoms with Crippen LogP contribution in [-0.2, 0) is 11.3 Å². The second kappa shape index (κ2) is 8.83. The molecule has 1 amide bonds. The average molecular weight is 433 g/mol. The van der Waals surface area contributed by atoms with Crippen molar-refractivity contribution < 1.29 is 4.79 Å². The van der Waals surface area contributed by atoms with Crippen LogP contribution >= 0.6 is 11.3 Å². The molecule has 2 aromatic carbocycles. The van der Waals surface area contributed by atoms with Gasteiger partial charge >= 0.3 is 0 Å². The van der Waals surface area contributed by atoms with E-state index in [2.05, 4.69) is 15.3 Å². The summed E-state index contributed by atoms with van der Waals surface area (Å²) in [6, 6.07) is 17.7. The molecule has 0 saturated carbocycles. The zero-order valence-electron chi connectivity index (χ0n) is 17.7. The molecule has 2 aromatic heterocycles. The molecule has 7 heteroatoms. The number of para-hydroxylation sites is 1. The zero-order valence-corrected chi connectivity index (χ0v) is 18.5. The van der Waals surface area contributed by atoms with Crippen LogP contribution in [0.2, 0.25) is 0 Å². The number of aromatic amines is 1. The van der Waals surface area contributed by atoms with Crippen LogP contribution < -0.4 is 10.9 Å². The van der Waals surface area contributed by atoms with E-state index in [1.807, 2.05) is 80.4 Å². The number of amides is 1. The Labute approximate surface area is 184 Å². The van der Waals surface area contributed by atoms with Crippen molar-refractivity contribution in [2.45, 2.75) is 20.4 Å². The van der Waals surface area contributed by atoms with E-state index >= 15 is 0 Å². The predicted octanol–water partition coefficient (Wildman–Crippen LogP) is 4.34. The van der Waals surface area contributed by atoms with Crippen LogP contribution in [0.25, 0.3) is 20.7 Å². The first kappa shape index (κ1) is 21.0. The maximum Gasteiger partial charge on any atom is 0.259 e. The number of fused-ring (bicyclic) bond motifs is 1. The Hall–Kier alpha value is -3.29. The largest absolute Gasteiger partial charge is 0.324 e. The highest BCUT2D eigenvalue weighted by Crippen LogP contribution is 2.30. The third-order valence-corrected chi connectivity index (χ3v) is 6.17. The minimum absolute atomic E-state index is 0.106. The van der Waals surface area contributed by atoms with Gasteiger partial charge in [-0.15, -0.1) is 11.3 Å². The van der Waals surface area contributed by atoms with Gasteiger partial charge in [0.15, 0.2) is 0 Å².